The number of carbonyl (C=O) groups is 1. The third kappa shape index (κ3) is 3.76. The number of hydrogen-bond acceptors (Lipinski definition) is 4. The van der Waals surface area contributed by atoms with Gasteiger partial charge in [-0.05, 0) is 43.2 Å². The van der Waals surface area contributed by atoms with Gasteiger partial charge in [0.2, 0.25) is 0 Å². The molecule has 0 aliphatic heterocycles. The van der Waals surface area contributed by atoms with E-state index in [-0.39, 0.29) is 11.6 Å². The van der Waals surface area contributed by atoms with Gasteiger partial charge in [-0.15, -0.1) is 0 Å². The van der Waals surface area contributed by atoms with Gasteiger partial charge in [-0.3, -0.25) is 4.79 Å². The highest BCUT2D eigenvalue weighted by Crippen LogP contribution is 2.17. The van der Waals surface area contributed by atoms with Crippen molar-refractivity contribution in [1.29, 1.82) is 0 Å². The minimum Gasteiger partial charge on any atom is -0.339 e. The Labute approximate surface area is 140 Å². The lowest BCUT2D eigenvalue weighted by Gasteiger charge is -2.09. The fourth-order valence-electron chi connectivity index (χ4n) is 2.24. The van der Waals surface area contributed by atoms with E-state index in [1.165, 1.54) is 6.20 Å². The monoisotopic (exact) mass is 318 g/mol. The third-order valence-electron chi connectivity index (χ3n) is 3.57. The molecule has 5 nitrogen and oxygen atoms in total. The molecule has 0 unspecified atom stereocenters. The van der Waals surface area contributed by atoms with Crippen molar-refractivity contribution in [3.05, 3.63) is 77.7 Å². The zero-order valence-electron chi connectivity index (χ0n) is 13.6. The molecule has 0 atom stereocenters. The van der Waals surface area contributed by atoms with Gasteiger partial charge in [0.1, 0.15) is 11.5 Å². The molecule has 1 amide bonds. The molecular formula is C19H18N4O. The molecule has 0 aliphatic carbocycles. The fraction of sp³-hybridized carbons (Fsp3) is 0.105. The number of nitrogens with zero attached hydrogens (tertiary/aromatic N) is 2. The summed E-state index contributed by atoms with van der Waals surface area (Å²) in [5.41, 5.74) is 4.07. The van der Waals surface area contributed by atoms with Crippen LogP contribution in [0, 0.1) is 13.8 Å². The average molecular weight is 318 g/mol. The molecule has 5 heteroatoms. The zero-order valence-corrected chi connectivity index (χ0v) is 13.6. The van der Waals surface area contributed by atoms with E-state index in [0.717, 1.165) is 22.5 Å². The second kappa shape index (κ2) is 6.91. The average Bonchev–Trinajstić information content (AvgIpc) is 2.60. The first-order valence-corrected chi connectivity index (χ1v) is 7.64. The van der Waals surface area contributed by atoms with E-state index >= 15 is 0 Å². The van der Waals surface area contributed by atoms with Crippen LogP contribution in [-0.4, -0.2) is 15.9 Å². The third-order valence-corrected chi connectivity index (χ3v) is 3.57. The van der Waals surface area contributed by atoms with Crippen molar-refractivity contribution < 1.29 is 4.79 Å². The lowest BCUT2D eigenvalue weighted by Crippen LogP contribution is -2.15. The molecule has 0 saturated heterocycles. The quantitative estimate of drug-likeness (QED) is 0.760. The lowest BCUT2D eigenvalue weighted by molar-refractivity contribution is 0.102. The molecule has 120 valence electrons. The second-order valence-electron chi connectivity index (χ2n) is 5.55. The topological polar surface area (TPSA) is 66.9 Å². The minimum absolute atomic E-state index is 0.273. The van der Waals surface area contributed by atoms with Crippen LogP contribution >= 0.6 is 0 Å². The molecule has 1 heterocycles. The molecule has 3 aromatic rings. The summed E-state index contributed by atoms with van der Waals surface area (Å²) in [6, 6.07) is 15.6. The van der Waals surface area contributed by atoms with E-state index in [0.29, 0.717) is 5.82 Å². The Hall–Kier alpha value is -3.21. The van der Waals surface area contributed by atoms with Crippen molar-refractivity contribution >= 4 is 23.1 Å². The molecule has 0 fully saturated rings. The first kappa shape index (κ1) is 15.7. The van der Waals surface area contributed by atoms with Crippen LogP contribution in [0.2, 0.25) is 0 Å². The number of hydrogen-bond donors (Lipinski definition) is 2. The fourth-order valence-corrected chi connectivity index (χ4v) is 2.24. The maximum atomic E-state index is 12.3. The summed E-state index contributed by atoms with van der Waals surface area (Å²) in [7, 11) is 0. The molecule has 3 rings (SSSR count). The lowest BCUT2D eigenvalue weighted by atomic mass is 10.1. The summed E-state index contributed by atoms with van der Waals surface area (Å²) in [5, 5.41) is 6.01. The van der Waals surface area contributed by atoms with Gasteiger partial charge in [0.15, 0.2) is 0 Å². The molecule has 2 aromatic carbocycles. The normalized spacial score (nSPS) is 10.2. The van der Waals surface area contributed by atoms with Crippen molar-refractivity contribution in [1.82, 2.24) is 9.97 Å². The summed E-state index contributed by atoms with van der Waals surface area (Å²) < 4.78 is 0. The van der Waals surface area contributed by atoms with Gasteiger partial charge in [0.25, 0.3) is 5.91 Å². The van der Waals surface area contributed by atoms with Gasteiger partial charge in [-0.25, -0.2) is 9.97 Å². The second-order valence-corrected chi connectivity index (χ2v) is 5.55. The molecule has 0 saturated carbocycles. The maximum absolute atomic E-state index is 12.3. The Morgan fingerprint density at radius 2 is 1.75 bits per heavy atom. The zero-order chi connectivity index (χ0) is 16.9. The highest BCUT2D eigenvalue weighted by molar-refractivity contribution is 6.03. The van der Waals surface area contributed by atoms with Crippen LogP contribution in [0.1, 0.15) is 21.6 Å². The molecule has 0 spiro atoms. The first-order valence-electron chi connectivity index (χ1n) is 7.64. The van der Waals surface area contributed by atoms with Crippen LogP contribution in [-0.2, 0) is 0 Å². The summed E-state index contributed by atoms with van der Waals surface area (Å²) in [6.45, 7) is 3.94. The van der Waals surface area contributed by atoms with Gasteiger partial charge < -0.3 is 10.6 Å². The Morgan fingerprint density at radius 1 is 0.958 bits per heavy atom. The van der Waals surface area contributed by atoms with Crippen LogP contribution in [0.5, 0.6) is 0 Å². The van der Waals surface area contributed by atoms with Gasteiger partial charge in [0, 0.05) is 11.4 Å². The molecule has 2 N–H and O–H groups in total. The first-order chi connectivity index (χ1) is 11.6. The van der Waals surface area contributed by atoms with Crippen LogP contribution in [0.15, 0.2) is 60.9 Å². The maximum Gasteiger partial charge on any atom is 0.275 e. The van der Waals surface area contributed by atoms with E-state index in [1.807, 2.05) is 62.4 Å². The Morgan fingerprint density at radius 3 is 2.46 bits per heavy atom. The van der Waals surface area contributed by atoms with Crippen molar-refractivity contribution in [3.8, 4) is 0 Å². The van der Waals surface area contributed by atoms with Crippen LogP contribution < -0.4 is 10.6 Å². The Bertz CT molecular complexity index is 845. The predicted octanol–water partition coefficient (Wildman–Crippen LogP) is 4.09. The largest absolute Gasteiger partial charge is 0.339 e. The van der Waals surface area contributed by atoms with Gasteiger partial charge in [-0.2, -0.15) is 0 Å². The van der Waals surface area contributed by atoms with E-state index in [4.69, 9.17) is 0 Å². The van der Waals surface area contributed by atoms with Gasteiger partial charge >= 0.3 is 0 Å². The van der Waals surface area contributed by atoms with Crippen LogP contribution in [0.25, 0.3) is 0 Å². The summed E-state index contributed by atoms with van der Waals surface area (Å²) >= 11 is 0. The van der Waals surface area contributed by atoms with E-state index in [1.54, 1.807) is 6.20 Å². The molecule has 1 aromatic heterocycles. The van der Waals surface area contributed by atoms with Crippen molar-refractivity contribution in [2.75, 3.05) is 10.6 Å². The summed E-state index contributed by atoms with van der Waals surface area (Å²) in [6.07, 6.45) is 3.01. The van der Waals surface area contributed by atoms with E-state index < -0.39 is 0 Å². The highest BCUT2D eigenvalue weighted by atomic mass is 16.1. The molecule has 0 bridgehead atoms. The van der Waals surface area contributed by atoms with Crippen LogP contribution in [0.3, 0.4) is 0 Å². The van der Waals surface area contributed by atoms with Crippen molar-refractivity contribution in [3.63, 3.8) is 0 Å². The number of aromatic nitrogens is 2. The Balaban J connectivity index is 1.71. The van der Waals surface area contributed by atoms with Crippen molar-refractivity contribution in [2.45, 2.75) is 13.8 Å². The number of aryl methyl sites for hydroxylation is 2. The van der Waals surface area contributed by atoms with Gasteiger partial charge in [-0.1, -0.05) is 30.3 Å². The molecule has 0 aliphatic rings. The summed E-state index contributed by atoms with van der Waals surface area (Å²) in [5.74, 6) is 0.312. The number of benzene rings is 2. The van der Waals surface area contributed by atoms with Crippen molar-refractivity contribution in [2.24, 2.45) is 0 Å². The minimum atomic E-state index is -0.275. The number of carbonyl (C=O) groups excluding carboxylic acids is 1. The smallest absolute Gasteiger partial charge is 0.275 e. The number of anilines is 3. The van der Waals surface area contributed by atoms with Crippen LogP contribution in [0.4, 0.5) is 17.2 Å². The number of rotatable bonds is 4. The predicted molar refractivity (Wildman–Crippen MR) is 95.6 cm³/mol. The highest BCUT2D eigenvalue weighted by Gasteiger charge is 2.10. The molecule has 24 heavy (non-hydrogen) atoms. The summed E-state index contributed by atoms with van der Waals surface area (Å²) in [4.78, 5) is 20.7. The number of nitrogens with one attached hydrogen (secondary N) is 2. The standard InChI is InChI=1S/C19H18N4O/c1-13-8-9-14(2)16(10-13)23-19(24)17-11-21-18(12-20-17)22-15-6-4-3-5-7-15/h3-12H,1-2H3,(H,21,22)(H,23,24). The number of amides is 1. The Kier molecular flexibility index (Phi) is 4.52. The van der Waals surface area contributed by atoms with Gasteiger partial charge in [0.05, 0.1) is 12.4 Å². The van der Waals surface area contributed by atoms with E-state index in [2.05, 4.69) is 20.6 Å². The van der Waals surface area contributed by atoms with E-state index in [9.17, 15) is 4.79 Å². The number of para-hydroxylation sites is 1. The molecule has 0 radical (unpaired) electrons. The molecular weight excluding hydrogens is 300 g/mol. The SMILES string of the molecule is Cc1ccc(C)c(NC(=O)c2cnc(Nc3ccccc3)cn2)c1.